The van der Waals surface area contributed by atoms with Gasteiger partial charge in [0.25, 0.3) is 0 Å². The summed E-state index contributed by atoms with van der Waals surface area (Å²) in [5.74, 6) is 0.0952. The van der Waals surface area contributed by atoms with Gasteiger partial charge in [-0.15, -0.1) is 0 Å². The van der Waals surface area contributed by atoms with Gasteiger partial charge < -0.3 is 19.2 Å². The first-order valence-corrected chi connectivity index (χ1v) is 6.38. The third-order valence-corrected chi connectivity index (χ3v) is 3.92. The molecule has 0 atom stereocenters. The van der Waals surface area contributed by atoms with Gasteiger partial charge in [-0.3, -0.25) is 0 Å². The summed E-state index contributed by atoms with van der Waals surface area (Å²) in [7, 11) is -0.588. The molecule has 0 unspecified atom stereocenters. The van der Waals surface area contributed by atoms with Crippen molar-refractivity contribution in [1.29, 1.82) is 0 Å². The first kappa shape index (κ1) is 14.1. The van der Waals surface area contributed by atoms with Gasteiger partial charge in [-0.25, -0.2) is 0 Å². The third-order valence-electron chi connectivity index (χ3n) is 3.92. The summed E-state index contributed by atoms with van der Waals surface area (Å²) in [5.41, 5.74) is 0.484. The molecule has 4 nitrogen and oxygen atoms in total. The zero-order valence-electron chi connectivity index (χ0n) is 11.8. The van der Waals surface area contributed by atoms with Crippen molar-refractivity contribution < 1.29 is 19.2 Å². The van der Waals surface area contributed by atoms with E-state index in [1.165, 1.54) is 0 Å². The molecule has 5 heteroatoms. The summed E-state index contributed by atoms with van der Waals surface area (Å²) in [6, 6.07) is 5.12. The normalized spacial score (nSPS) is 20.5. The molecule has 0 spiro atoms. The maximum absolute atomic E-state index is 10.5. The summed E-state index contributed by atoms with van der Waals surface area (Å²) in [6.07, 6.45) is 1.10. The second kappa shape index (κ2) is 4.65. The van der Waals surface area contributed by atoms with E-state index in [1.807, 2.05) is 27.7 Å². The molecule has 1 fully saturated rings. The number of hydrogen-bond acceptors (Lipinski definition) is 4. The Hall–Kier alpha value is -1.33. The van der Waals surface area contributed by atoms with E-state index in [4.69, 9.17) is 9.31 Å². The second-order valence-electron chi connectivity index (χ2n) is 5.85. The zero-order valence-corrected chi connectivity index (χ0v) is 11.8. The summed E-state index contributed by atoms with van der Waals surface area (Å²) in [4.78, 5) is 10.5. The highest BCUT2D eigenvalue weighted by Crippen LogP contribution is 2.37. The summed E-state index contributed by atoms with van der Waals surface area (Å²) >= 11 is 0. The van der Waals surface area contributed by atoms with Gasteiger partial charge in [0.1, 0.15) is 12.0 Å². The third kappa shape index (κ3) is 2.53. The summed E-state index contributed by atoms with van der Waals surface area (Å²) in [5, 5.41) is 10.0. The monoisotopic (exact) mass is 262 g/mol. The second-order valence-corrected chi connectivity index (χ2v) is 5.85. The fourth-order valence-corrected chi connectivity index (χ4v) is 1.98. The molecule has 1 aromatic carbocycles. The van der Waals surface area contributed by atoms with Crippen molar-refractivity contribution in [3.8, 4) is 5.75 Å². The number of aldehydes is 1. The van der Waals surface area contributed by atoms with Crippen LogP contribution in [0.2, 0.25) is 0 Å². The minimum atomic E-state index is -0.588. The smallest absolute Gasteiger partial charge is 0.498 e. The van der Waals surface area contributed by atoms with Gasteiger partial charge in [0.15, 0.2) is 0 Å². The van der Waals surface area contributed by atoms with Crippen molar-refractivity contribution in [2.24, 2.45) is 0 Å². The average Bonchev–Trinajstić information content (AvgIpc) is 2.48. The van der Waals surface area contributed by atoms with Crippen LogP contribution < -0.4 is 5.46 Å². The molecule has 0 amide bonds. The molecule has 0 saturated carbocycles. The zero-order chi connectivity index (χ0) is 14.3. The van der Waals surface area contributed by atoms with Crippen LogP contribution in [0.5, 0.6) is 5.75 Å². The molecule has 1 aliphatic heterocycles. The Labute approximate surface area is 113 Å². The Morgan fingerprint density at radius 3 is 2.26 bits per heavy atom. The SMILES string of the molecule is CC1(C)OB(c2ccc(CC=O)cc2O)OC1(C)C. The van der Waals surface area contributed by atoms with E-state index >= 15 is 0 Å². The van der Waals surface area contributed by atoms with E-state index in [0.29, 0.717) is 5.46 Å². The highest BCUT2D eigenvalue weighted by molar-refractivity contribution is 6.63. The molecule has 0 aromatic heterocycles. The molecule has 19 heavy (non-hydrogen) atoms. The van der Waals surface area contributed by atoms with Crippen molar-refractivity contribution in [3.63, 3.8) is 0 Å². The number of aromatic hydroxyl groups is 1. The Bertz CT molecular complexity index is 480. The Morgan fingerprint density at radius 2 is 1.79 bits per heavy atom. The van der Waals surface area contributed by atoms with Crippen LogP contribution in [0.4, 0.5) is 0 Å². The lowest BCUT2D eigenvalue weighted by molar-refractivity contribution is -0.107. The quantitative estimate of drug-likeness (QED) is 0.661. The first-order valence-electron chi connectivity index (χ1n) is 6.38. The number of rotatable bonds is 3. The van der Waals surface area contributed by atoms with Gasteiger partial charge in [0, 0.05) is 11.9 Å². The predicted molar refractivity (Wildman–Crippen MR) is 73.6 cm³/mol. The van der Waals surface area contributed by atoms with Crippen molar-refractivity contribution in [1.82, 2.24) is 0 Å². The van der Waals surface area contributed by atoms with Crippen LogP contribution in [0.25, 0.3) is 0 Å². The Morgan fingerprint density at radius 1 is 1.21 bits per heavy atom. The van der Waals surface area contributed by atoms with Crippen LogP contribution in [0, 0.1) is 0 Å². The highest BCUT2D eigenvalue weighted by Gasteiger charge is 2.52. The minimum absolute atomic E-state index is 0.0952. The lowest BCUT2D eigenvalue weighted by Gasteiger charge is -2.32. The number of carbonyl (C=O) groups excluding carboxylic acids is 1. The minimum Gasteiger partial charge on any atom is -0.508 e. The number of benzene rings is 1. The molecular formula is C14H19BO4. The van der Waals surface area contributed by atoms with Crippen LogP contribution in [-0.4, -0.2) is 29.7 Å². The molecule has 1 aliphatic rings. The summed E-state index contributed by atoms with van der Waals surface area (Å²) < 4.78 is 11.8. The van der Waals surface area contributed by atoms with Gasteiger partial charge >= 0.3 is 7.12 Å². The molecule has 1 heterocycles. The Kier molecular flexibility index (Phi) is 3.45. The molecule has 102 valence electrons. The van der Waals surface area contributed by atoms with E-state index < -0.39 is 18.3 Å². The molecule has 0 bridgehead atoms. The molecule has 1 aromatic rings. The molecule has 1 N–H and O–H groups in total. The van der Waals surface area contributed by atoms with E-state index in [-0.39, 0.29) is 12.2 Å². The van der Waals surface area contributed by atoms with Crippen LogP contribution in [0.1, 0.15) is 33.3 Å². The topological polar surface area (TPSA) is 55.8 Å². The van der Waals surface area contributed by atoms with Gasteiger partial charge in [-0.1, -0.05) is 12.1 Å². The Balaban J connectivity index is 2.27. The van der Waals surface area contributed by atoms with Crippen molar-refractivity contribution in [3.05, 3.63) is 23.8 Å². The first-order chi connectivity index (χ1) is 8.77. The molecule has 2 rings (SSSR count). The lowest BCUT2D eigenvalue weighted by atomic mass is 9.78. The van der Waals surface area contributed by atoms with Gasteiger partial charge in [0.2, 0.25) is 0 Å². The van der Waals surface area contributed by atoms with E-state index in [2.05, 4.69) is 0 Å². The van der Waals surface area contributed by atoms with Gasteiger partial charge in [-0.05, 0) is 39.3 Å². The van der Waals surface area contributed by atoms with E-state index in [9.17, 15) is 9.90 Å². The number of hydrogen-bond donors (Lipinski definition) is 1. The van der Waals surface area contributed by atoms with E-state index in [0.717, 1.165) is 11.8 Å². The van der Waals surface area contributed by atoms with Crippen LogP contribution in [-0.2, 0) is 20.5 Å². The van der Waals surface area contributed by atoms with Crippen molar-refractivity contribution in [2.75, 3.05) is 0 Å². The fraction of sp³-hybridized carbons (Fsp3) is 0.500. The molecular weight excluding hydrogens is 243 g/mol. The average molecular weight is 262 g/mol. The van der Waals surface area contributed by atoms with Crippen molar-refractivity contribution in [2.45, 2.75) is 45.3 Å². The predicted octanol–water partition coefficient (Wildman–Crippen LogP) is 1.43. The molecule has 0 aliphatic carbocycles. The fourth-order valence-electron chi connectivity index (χ4n) is 1.98. The lowest BCUT2D eigenvalue weighted by Crippen LogP contribution is -2.41. The molecule has 1 saturated heterocycles. The van der Waals surface area contributed by atoms with Gasteiger partial charge in [0.05, 0.1) is 11.2 Å². The number of carbonyl (C=O) groups is 1. The van der Waals surface area contributed by atoms with Crippen LogP contribution in [0.3, 0.4) is 0 Å². The standard InChI is InChI=1S/C14H19BO4/c1-13(2)14(3,4)19-15(18-13)11-6-5-10(7-8-16)9-12(11)17/h5-6,8-9,17H,7H2,1-4H3. The van der Waals surface area contributed by atoms with E-state index in [1.54, 1.807) is 18.2 Å². The highest BCUT2D eigenvalue weighted by atomic mass is 16.7. The maximum atomic E-state index is 10.5. The van der Waals surface area contributed by atoms with Crippen LogP contribution in [0.15, 0.2) is 18.2 Å². The number of phenols is 1. The summed E-state index contributed by atoms with van der Waals surface area (Å²) in [6.45, 7) is 7.85. The van der Waals surface area contributed by atoms with Crippen LogP contribution >= 0.6 is 0 Å². The largest absolute Gasteiger partial charge is 0.508 e. The maximum Gasteiger partial charge on any atom is 0.498 e. The van der Waals surface area contributed by atoms with Crippen molar-refractivity contribution >= 4 is 18.9 Å². The van der Waals surface area contributed by atoms with Gasteiger partial charge in [-0.2, -0.15) is 0 Å². The number of phenolic OH excluding ortho intramolecular Hbond substituents is 1. The molecule has 0 radical (unpaired) electrons.